The predicted molar refractivity (Wildman–Crippen MR) is 119 cm³/mol. The van der Waals surface area contributed by atoms with E-state index in [1.165, 1.54) is 12.1 Å². The van der Waals surface area contributed by atoms with E-state index in [9.17, 15) is 19.5 Å². The Bertz CT molecular complexity index is 1120. The van der Waals surface area contributed by atoms with Gasteiger partial charge in [-0.2, -0.15) is 0 Å². The number of rotatable bonds is 6. The standard InChI is InChI=1S/C26H22O8/c27-23(17-10-4-1-5-11-17)32-20-16-31-26(30)22(34-25(29)19-14-8-3-9-15-19)21(20)33-24(28)18-12-6-2-7-13-18/h1-15,20-22,26,30H,16H2/t20-,21-,22+,26-/m1/s1. The summed E-state index contributed by atoms with van der Waals surface area (Å²) in [5.74, 6) is -2.18. The lowest BCUT2D eigenvalue weighted by atomic mass is 10.0. The van der Waals surface area contributed by atoms with E-state index in [0.717, 1.165) is 0 Å². The van der Waals surface area contributed by atoms with Crippen molar-refractivity contribution >= 4 is 17.9 Å². The summed E-state index contributed by atoms with van der Waals surface area (Å²) in [6.45, 7) is -0.272. The van der Waals surface area contributed by atoms with Gasteiger partial charge in [0.1, 0.15) is 0 Å². The fraction of sp³-hybridized carbons (Fsp3) is 0.192. The Morgan fingerprint density at radius 3 is 1.44 bits per heavy atom. The zero-order valence-electron chi connectivity index (χ0n) is 18.0. The molecule has 0 radical (unpaired) electrons. The van der Waals surface area contributed by atoms with Crippen LogP contribution in [0.5, 0.6) is 0 Å². The molecule has 1 aliphatic heterocycles. The van der Waals surface area contributed by atoms with E-state index < -0.39 is 42.5 Å². The molecule has 0 saturated carbocycles. The molecule has 3 aromatic carbocycles. The Hall–Kier alpha value is -4.01. The number of benzene rings is 3. The van der Waals surface area contributed by atoms with Crippen LogP contribution in [0.3, 0.4) is 0 Å². The minimum atomic E-state index is -1.60. The lowest BCUT2D eigenvalue weighted by molar-refractivity contribution is -0.251. The molecule has 0 unspecified atom stereocenters. The Morgan fingerprint density at radius 2 is 1.00 bits per heavy atom. The first-order chi connectivity index (χ1) is 16.5. The summed E-state index contributed by atoms with van der Waals surface area (Å²) in [6.07, 6.45) is -5.51. The Kier molecular flexibility index (Phi) is 7.31. The number of hydrogen-bond acceptors (Lipinski definition) is 8. The highest BCUT2D eigenvalue weighted by Crippen LogP contribution is 2.25. The number of esters is 3. The molecule has 4 atom stereocenters. The fourth-order valence-electron chi connectivity index (χ4n) is 3.44. The second-order valence-electron chi connectivity index (χ2n) is 7.51. The lowest BCUT2D eigenvalue weighted by Crippen LogP contribution is -2.57. The molecule has 0 spiro atoms. The summed E-state index contributed by atoms with van der Waals surface area (Å²) in [6, 6.07) is 24.5. The Morgan fingerprint density at radius 1 is 0.618 bits per heavy atom. The molecule has 174 valence electrons. The molecule has 1 saturated heterocycles. The van der Waals surface area contributed by atoms with Crippen LogP contribution in [-0.2, 0) is 18.9 Å². The number of aliphatic hydroxyl groups excluding tert-OH is 1. The number of carbonyl (C=O) groups excluding carboxylic acids is 3. The average Bonchev–Trinajstić information content (AvgIpc) is 2.89. The maximum atomic E-state index is 12.8. The smallest absolute Gasteiger partial charge is 0.338 e. The Labute approximate surface area is 195 Å². The lowest BCUT2D eigenvalue weighted by Gasteiger charge is -2.38. The SMILES string of the molecule is O=C(O[C@H]1[C@H](OC(=O)c2ccccc2)[C@H](OC(=O)c2ccccc2)CO[C@H]1O)c1ccccc1. The first-order valence-corrected chi connectivity index (χ1v) is 10.6. The minimum absolute atomic E-state index is 0.228. The van der Waals surface area contributed by atoms with Crippen molar-refractivity contribution in [3.8, 4) is 0 Å². The molecule has 1 N–H and O–H groups in total. The number of carbonyl (C=O) groups is 3. The predicted octanol–water partition coefficient (Wildman–Crippen LogP) is 3.01. The minimum Gasteiger partial charge on any atom is -0.452 e. The maximum Gasteiger partial charge on any atom is 0.338 e. The van der Waals surface area contributed by atoms with Crippen molar-refractivity contribution < 1.29 is 38.4 Å². The van der Waals surface area contributed by atoms with Crippen molar-refractivity contribution in [1.29, 1.82) is 0 Å². The zero-order valence-corrected chi connectivity index (χ0v) is 18.0. The van der Waals surface area contributed by atoms with Crippen LogP contribution in [0.1, 0.15) is 31.1 Å². The molecule has 34 heavy (non-hydrogen) atoms. The highest BCUT2D eigenvalue weighted by atomic mass is 16.7. The van der Waals surface area contributed by atoms with Gasteiger partial charge in [0.25, 0.3) is 0 Å². The summed E-state index contributed by atoms with van der Waals surface area (Å²) in [5, 5.41) is 10.5. The number of aliphatic hydroxyl groups is 1. The molecule has 1 heterocycles. The van der Waals surface area contributed by atoms with Crippen LogP contribution in [0.2, 0.25) is 0 Å². The summed E-state index contributed by atoms with van der Waals surface area (Å²) in [7, 11) is 0. The van der Waals surface area contributed by atoms with Gasteiger partial charge < -0.3 is 24.1 Å². The van der Waals surface area contributed by atoms with E-state index in [2.05, 4.69) is 0 Å². The summed E-state index contributed by atoms with van der Waals surface area (Å²) in [4.78, 5) is 38.1. The quantitative estimate of drug-likeness (QED) is 0.440. The van der Waals surface area contributed by atoms with E-state index >= 15 is 0 Å². The van der Waals surface area contributed by atoms with Gasteiger partial charge in [-0.1, -0.05) is 54.6 Å². The first-order valence-electron chi connectivity index (χ1n) is 10.6. The third-order valence-corrected chi connectivity index (χ3v) is 5.18. The van der Waals surface area contributed by atoms with Crippen LogP contribution < -0.4 is 0 Å². The molecule has 8 nitrogen and oxygen atoms in total. The van der Waals surface area contributed by atoms with Gasteiger partial charge in [-0.05, 0) is 36.4 Å². The van der Waals surface area contributed by atoms with Crippen molar-refractivity contribution in [3.63, 3.8) is 0 Å². The second kappa shape index (κ2) is 10.7. The van der Waals surface area contributed by atoms with Crippen LogP contribution >= 0.6 is 0 Å². The fourth-order valence-corrected chi connectivity index (χ4v) is 3.44. The largest absolute Gasteiger partial charge is 0.452 e. The van der Waals surface area contributed by atoms with E-state index in [4.69, 9.17) is 18.9 Å². The molecule has 0 bridgehead atoms. The molecule has 0 aromatic heterocycles. The van der Waals surface area contributed by atoms with Crippen LogP contribution in [0, 0.1) is 0 Å². The monoisotopic (exact) mass is 462 g/mol. The van der Waals surface area contributed by atoms with Crippen molar-refractivity contribution in [2.75, 3.05) is 6.61 Å². The highest BCUT2D eigenvalue weighted by molar-refractivity contribution is 5.91. The molecule has 8 heteroatoms. The van der Waals surface area contributed by atoms with Crippen molar-refractivity contribution in [3.05, 3.63) is 108 Å². The van der Waals surface area contributed by atoms with Crippen LogP contribution in [0.25, 0.3) is 0 Å². The van der Waals surface area contributed by atoms with Crippen molar-refractivity contribution in [1.82, 2.24) is 0 Å². The summed E-state index contributed by atoms with van der Waals surface area (Å²) < 4.78 is 21.9. The molecule has 0 amide bonds. The molecule has 1 aliphatic rings. The van der Waals surface area contributed by atoms with E-state index in [1.54, 1.807) is 78.9 Å². The molecule has 1 fully saturated rings. The van der Waals surface area contributed by atoms with Gasteiger partial charge in [-0.25, -0.2) is 14.4 Å². The zero-order chi connectivity index (χ0) is 23.9. The third-order valence-electron chi connectivity index (χ3n) is 5.18. The van der Waals surface area contributed by atoms with Gasteiger partial charge >= 0.3 is 17.9 Å². The van der Waals surface area contributed by atoms with Crippen LogP contribution in [-0.4, -0.2) is 54.2 Å². The van der Waals surface area contributed by atoms with Gasteiger partial charge in [0, 0.05) is 0 Å². The molecular weight excluding hydrogens is 440 g/mol. The van der Waals surface area contributed by atoms with Gasteiger partial charge in [-0.3, -0.25) is 0 Å². The summed E-state index contributed by atoms with van der Waals surface area (Å²) >= 11 is 0. The third kappa shape index (κ3) is 5.48. The molecule has 3 aromatic rings. The normalized spacial score (nSPS) is 21.8. The maximum absolute atomic E-state index is 12.8. The van der Waals surface area contributed by atoms with Gasteiger partial charge in [0.2, 0.25) is 0 Å². The molecule has 0 aliphatic carbocycles. The first kappa shape index (κ1) is 23.2. The summed E-state index contributed by atoms with van der Waals surface area (Å²) in [5.41, 5.74) is 0.746. The van der Waals surface area contributed by atoms with E-state index in [1.807, 2.05) is 0 Å². The van der Waals surface area contributed by atoms with Crippen LogP contribution in [0.15, 0.2) is 91.0 Å². The van der Waals surface area contributed by atoms with Crippen molar-refractivity contribution in [2.24, 2.45) is 0 Å². The van der Waals surface area contributed by atoms with E-state index in [-0.39, 0.29) is 23.3 Å². The average molecular weight is 462 g/mol. The highest BCUT2D eigenvalue weighted by Gasteiger charge is 2.47. The van der Waals surface area contributed by atoms with E-state index in [0.29, 0.717) is 0 Å². The van der Waals surface area contributed by atoms with Gasteiger partial charge in [-0.15, -0.1) is 0 Å². The molecule has 4 rings (SSSR count). The topological polar surface area (TPSA) is 108 Å². The van der Waals surface area contributed by atoms with Gasteiger partial charge in [0.15, 0.2) is 24.6 Å². The Balaban J connectivity index is 1.59. The van der Waals surface area contributed by atoms with Crippen LogP contribution in [0.4, 0.5) is 0 Å². The second-order valence-corrected chi connectivity index (χ2v) is 7.51. The molecular formula is C26H22O8. The van der Waals surface area contributed by atoms with Crippen molar-refractivity contribution in [2.45, 2.75) is 24.6 Å². The number of hydrogen-bond donors (Lipinski definition) is 1. The number of ether oxygens (including phenoxy) is 4. The van der Waals surface area contributed by atoms with Gasteiger partial charge in [0.05, 0.1) is 23.3 Å².